The summed E-state index contributed by atoms with van der Waals surface area (Å²) in [6, 6.07) is 10.6. The Morgan fingerprint density at radius 1 is 1.00 bits per heavy atom. The van der Waals surface area contributed by atoms with E-state index in [1.807, 2.05) is 0 Å². The number of nitrogens with zero attached hydrogens (tertiary/aromatic N) is 1. The minimum Gasteiger partial charge on any atom is -0.495 e. The van der Waals surface area contributed by atoms with Crippen LogP contribution in [0, 0.1) is 23.7 Å². The second-order valence-corrected chi connectivity index (χ2v) is 10.5. The zero-order valence-electron chi connectivity index (χ0n) is 19.0. The highest BCUT2D eigenvalue weighted by Crippen LogP contribution is 2.59. The van der Waals surface area contributed by atoms with Crippen LogP contribution in [0.3, 0.4) is 0 Å². The molecule has 36 heavy (non-hydrogen) atoms. The number of fused-ring (bicyclic) bond motifs is 5. The van der Waals surface area contributed by atoms with Gasteiger partial charge in [-0.1, -0.05) is 11.6 Å². The third-order valence-corrected chi connectivity index (χ3v) is 8.67. The van der Waals surface area contributed by atoms with Crippen LogP contribution in [0.2, 0.25) is 5.02 Å². The molecule has 2 aliphatic carbocycles. The minimum atomic E-state index is -0.737. The summed E-state index contributed by atoms with van der Waals surface area (Å²) in [5, 5.41) is 2.32. The Bertz CT molecular complexity index is 1220. The Balaban J connectivity index is 1.22. The molecular formula is C25H21Cl3N2O6. The van der Waals surface area contributed by atoms with Crippen LogP contribution in [-0.2, 0) is 19.1 Å². The van der Waals surface area contributed by atoms with Crippen LogP contribution in [0.25, 0.3) is 0 Å². The normalized spacial score (nSPS) is 28.3. The van der Waals surface area contributed by atoms with E-state index in [4.69, 9.17) is 44.3 Å². The van der Waals surface area contributed by atoms with Crippen LogP contribution in [0.15, 0.2) is 42.5 Å². The third kappa shape index (κ3) is 4.11. The molecule has 2 saturated carbocycles. The quantitative estimate of drug-likeness (QED) is 0.329. The van der Waals surface area contributed by atoms with Crippen molar-refractivity contribution in [3.63, 3.8) is 0 Å². The molecule has 2 aromatic carbocycles. The molecule has 2 aromatic rings. The topological polar surface area (TPSA) is 102 Å². The van der Waals surface area contributed by atoms with E-state index < -0.39 is 30.3 Å². The lowest BCUT2D eigenvalue weighted by atomic mass is 9.80. The van der Waals surface area contributed by atoms with Gasteiger partial charge in [0.2, 0.25) is 11.8 Å². The SMILES string of the molecule is COc1ccc(Cl)cc1NC(=O)COC(=O)c1ccc(N2C(=O)[C@@H]3[C@H]4C[C@@H]([C@H](Cl)[C@H]4Cl)[C@H]3C2=O)cc1. The number of methoxy groups -OCH3 is 1. The van der Waals surface area contributed by atoms with Gasteiger partial charge in [0.15, 0.2) is 6.61 Å². The highest BCUT2D eigenvalue weighted by atomic mass is 35.5. The Hall–Kier alpha value is -2.81. The molecule has 2 bridgehead atoms. The second kappa shape index (κ2) is 9.57. The molecule has 5 rings (SSSR count). The van der Waals surface area contributed by atoms with Crippen LogP contribution >= 0.6 is 34.8 Å². The largest absolute Gasteiger partial charge is 0.495 e. The first-order valence-electron chi connectivity index (χ1n) is 11.3. The highest BCUT2D eigenvalue weighted by Gasteiger charge is 2.66. The molecule has 3 amide bonds. The highest BCUT2D eigenvalue weighted by molar-refractivity contribution is 6.32. The van der Waals surface area contributed by atoms with E-state index in [1.165, 1.54) is 37.4 Å². The Morgan fingerprint density at radius 3 is 2.19 bits per heavy atom. The molecule has 3 aliphatic rings. The number of imide groups is 1. The maximum atomic E-state index is 13.1. The van der Waals surface area contributed by atoms with Gasteiger partial charge >= 0.3 is 5.97 Å². The summed E-state index contributed by atoms with van der Waals surface area (Å²) >= 11 is 18.8. The number of rotatable bonds is 6. The average molecular weight is 552 g/mol. The number of amides is 3. The van der Waals surface area contributed by atoms with Gasteiger partial charge in [0, 0.05) is 5.02 Å². The van der Waals surface area contributed by atoms with E-state index in [-0.39, 0.29) is 40.0 Å². The molecule has 188 valence electrons. The van der Waals surface area contributed by atoms with E-state index in [1.54, 1.807) is 12.1 Å². The first-order chi connectivity index (χ1) is 17.2. The van der Waals surface area contributed by atoms with Crippen LogP contribution in [0.4, 0.5) is 11.4 Å². The first kappa shape index (κ1) is 24.9. The molecule has 1 aliphatic heterocycles. The molecule has 1 heterocycles. The van der Waals surface area contributed by atoms with Crippen molar-refractivity contribution >= 4 is 69.9 Å². The molecule has 3 fully saturated rings. The molecule has 1 N–H and O–H groups in total. The summed E-state index contributed by atoms with van der Waals surface area (Å²) in [6.07, 6.45) is 0.686. The van der Waals surface area contributed by atoms with Crippen molar-refractivity contribution in [2.45, 2.75) is 17.2 Å². The number of carbonyl (C=O) groups is 4. The van der Waals surface area contributed by atoms with Gasteiger partial charge in [-0.3, -0.25) is 19.3 Å². The van der Waals surface area contributed by atoms with E-state index in [0.29, 0.717) is 28.6 Å². The number of hydrogen-bond acceptors (Lipinski definition) is 6. The van der Waals surface area contributed by atoms with Gasteiger partial charge in [0.05, 0.1) is 46.6 Å². The lowest BCUT2D eigenvalue weighted by Crippen LogP contribution is -2.37. The maximum Gasteiger partial charge on any atom is 0.338 e. The van der Waals surface area contributed by atoms with E-state index in [0.717, 1.165) is 4.90 Å². The zero-order chi connectivity index (χ0) is 25.7. The van der Waals surface area contributed by atoms with Crippen LogP contribution in [0.1, 0.15) is 16.8 Å². The Kier molecular flexibility index (Phi) is 6.61. The molecule has 11 heteroatoms. The van der Waals surface area contributed by atoms with Crippen LogP contribution in [-0.4, -0.2) is 48.2 Å². The monoisotopic (exact) mass is 550 g/mol. The van der Waals surface area contributed by atoms with Gasteiger partial charge in [0.1, 0.15) is 5.75 Å². The lowest BCUT2D eigenvalue weighted by Gasteiger charge is -2.28. The third-order valence-electron chi connectivity index (χ3n) is 7.12. The average Bonchev–Trinajstić information content (AvgIpc) is 3.47. The Labute approximate surface area is 221 Å². The predicted molar refractivity (Wildman–Crippen MR) is 134 cm³/mol. The molecule has 0 unspecified atom stereocenters. The molecule has 0 aromatic heterocycles. The molecule has 0 spiro atoms. The summed E-state index contributed by atoms with van der Waals surface area (Å²) in [4.78, 5) is 52.0. The van der Waals surface area contributed by atoms with Crippen molar-refractivity contribution in [1.82, 2.24) is 0 Å². The van der Waals surface area contributed by atoms with E-state index >= 15 is 0 Å². The number of alkyl halides is 2. The molecule has 0 radical (unpaired) electrons. The summed E-state index contributed by atoms with van der Waals surface area (Å²) < 4.78 is 10.3. The molecular weight excluding hydrogens is 531 g/mol. The number of carbonyl (C=O) groups excluding carboxylic acids is 4. The van der Waals surface area contributed by atoms with Gasteiger partial charge in [-0.15, -0.1) is 23.2 Å². The van der Waals surface area contributed by atoms with Crippen LogP contribution in [0.5, 0.6) is 5.75 Å². The fourth-order valence-corrected chi connectivity index (χ4v) is 6.59. The van der Waals surface area contributed by atoms with Crippen molar-refractivity contribution < 1.29 is 28.7 Å². The fraction of sp³-hybridized carbons (Fsp3) is 0.360. The molecule has 1 saturated heterocycles. The number of anilines is 2. The number of benzene rings is 2. The van der Waals surface area contributed by atoms with Crippen molar-refractivity contribution in [3.8, 4) is 5.75 Å². The lowest BCUT2D eigenvalue weighted by molar-refractivity contribution is -0.123. The second-order valence-electron chi connectivity index (χ2n) is 9.03. The van der Waals surface area contributed by atoms with Gasteiger partial charge in [-0.2, -0.15) is 0 Å². The zero-order valence-corrected chi connectivity index (χ0v) is 21.2. The first-order valence-corrected chi connectivity index (χ1v) is 12.5. The van der Waals surface area contributed by atoms with Gasteiger partial charge in [-0.05, 0) is 60.7 Å². The summed E-state index contributed by atoms with van der Waals surface area (Å²) in [5.74, 6) is -2.62. The van der Waals surface area contributed by atoms with Gasteiger partial charge in [-0.25, -0.2) is 4.79 Å². The smallest absolute Gasteiger partial charge is 0.338 e. The summed E-state index contributed by atoms with van der Waals surface area (Å²) in [5.41, 5.74) is 0.862. The molecule has 6 atom stereocenters. The van der Waals surface area contributed by atoms with Crippen molar-refractivity contribution in [2.75, 3.05) is 23.9 Å². The standard InChI is InChI=1S/C25H21Cl3N2O6/c1-35-17-7-4-12(26)8-16(17)29-18(31)10-36-25(34)11-2-5-13(6-3-11)30-23(32)19-14-9-15(20(19)24(30)33)22(28)21(14)27/h2-8,14-15,19-22H,9-10H2,1H3,(H,29,31)/t14-,15-,19-,20-,21+,22+/m1/s1. The van der Waals surface area contributed by atoms with Crippen molar-refractivity contribution in [2.24, 2.45) is 23.7 Å². The minimum absolute atomic E-state index is 0.113. The summed E-state index contributed by atoms with van der Waals surface area (Å²) in [7, 11) is 1.45. The number of hydrogen-bond donors (Lipinski definition) is 1. The van der Waals surface area contributed by atoms with Crippen LogP contribution < -0.4 is 15.0 Å². The number of ether oxygens (including phenoxy) is 2. The maximum absolute atomic E-state index is 13.1. The van der Waals surface area contributed by atoms with E-state index in [2.05, 4.69) is 5.32 Å². The fourth-order valence-electron chi connectivity index (χ4n) is 5.53. The summed E-state index contributed by atoms with van der Waals surface area (Å²) in [6.45, 7) is -0.537. The number of esters is 1. The number of halogens is 3. The van der Waals surface area contributed by atoms with E-state index in [9.17, 15) is 19.2 Å². The van der Waals surface area contributed by atoms with Gasteiger partial charge < -0.3 is 14.8 Å². The van der Waals surface area contributed by atoms with Crippen molar-refractivity contribution in [1.29, 1.82) is 0 Å². The number of nitrogens with one attached hydrogen (secondary N) is 1. The predicted octanol–water partition coefficient (Wildman–Crippen LogP) is 4.11. The van der Waals surface area contributed by atoms with Crippen molar-refractivity contribution in [3.05, 3.63) is 53.1 Å². The molecule has 8 nitrogen and oxygen atoms in total. The van der Waals surface area contributed by atoms with Gasteiger partial charge in [0.25, 0.3) is 5.91 Å². The Morgan fingerprint density at radius 2 is 1.61 bits per heavy atom.